The van der Waals surface area contributed by atoms with Gasteiger partial charge >= 0.3 is 0 Å². The monoisotopic (exact) mass is 398 g/mol. The van der Waals surface area contributed by atoms with Gasteiger partial charge in [0.15, 0.2) is 0 Å². The molecule has 0 radical (unpaired) electrons. The standard InChI is InChI=1S/C24H54N4/c1-22(2,3)19-25(10)13-16-28(17-14-26(11)20-23(4,5)6)18-15-27(12)21-24(7,8)9/h13-21H2,1-12H3. The van der Waals surface area contributed by atoms with Crippen LogP contribution in [0.4, 0.5) is 0 Å². The van der Waals surface area contributed by atoms with E-state index in [1.54, 1.807) is 0 Å². The van der Waals surface area contributed by atoms with Gasteiger partial charge in [-0.3, -0.25) is 4.90 Å². The van der Waals surface area contributed by atoms with E-state index in [-0.39, 0.29) is 0 Å². The summed E-state index contributed by atoms with van der Waals surface area (Å²) in [7, 11) is 6.79. The first kappa shape index (κ1) is 27.8. The first-order chi connectivity index (χ1) is 12.5. The van der Waals surface area contributed by atoms with Gasteiger partial charge < -0.3 is 14.7 Å². The van der Waals surface area contributed by atoms with Crippen LogP contribution in [0.15, 0.2) is 0 Å². The highest BCUT2D eigenvalue weighted by atomic mass is 15.2. The van der Waals surface area contributed by atoms with Gasteiger partial charge in [0.05, 0.1) is 0 Å². The molecule has 0 N–H and O–H groups in total. The van der Waals surface area contributed by atoms with Gasteiger partial charge in [-0.25, -0.2) is 0 Å². The molecule has 0 saturated carbocycles. The van der Waals surface area contributed by atoms with Gasteiger partial charge in [0.2, 0.25) is 0 Å². The minimum atomic E-state index is 0.361. The van der Waals surface area contributed by atoms with Gasteiger partial charge in [-0.2, -0.15) is 0 Å². The van der Waals surface area contributed by atoms with Gasteiger partial charge in [0.25, 0.3) is 0 Å². The highest BCUT2D eigenvalue weighted by molar-refractivity contribution is 4.73. The van der Waals surface area contributed by atoms with E-state index in [0.717, 1.165) is 58.9 Å². The predicted molar refractivity (Wildman–Crippen MR) is 127 cm³/mol. The van der Waals surface area contributed by atoms with Crippen LogP contribution in [0.5, 0.6) is 0 Å². The van der Waals surface area contributed by atoms with Crippen molar-refractivity contribution in [2.45, 2.75) is 62.3 Å². The van der Waals surface area contributed by atoms with E-state index in [4.69, 9.17) is 0 Å². The van der Waals surface area contributed by atoms with E-state index in [1.165, 1.54) is 0 Å². The van der Waals surface area contributed by atoms with Crippen LogP contribution in [0.25, 0.3) is 0 Å². The molecule has 0 aromatic heterocycles. The number of hydrogen-bond donors (Lipinski definition) is 0. The van der Waals surface area contributed by atoms with Gasteiger partial charge in [-0.1, -0.05) is 62.3 Å². The van der Waals surface area contributed by atoms with Gasteiger partial charge in [-0.05, 0) is 37.4 Å². The molecule has 0 aromatic carbocycles. The summed E-state index contributed by atoms with van der Waals surface area (Å²) in [6.07, 6.45) is 0. The Labute approximate surface area is 178 Å². The fourth-order valence-corrected chi connectivity index (χ4v) is 3.94. The fourth-order valence-electron chi connectivity index (χ4n) is 3.94. The van der Waals surface area contributed by atoms with E-state index in [2.05, 4.69) is 103 Å². The van der Waals surface area contributed by atoms with Crippen molar-refractivity contribution in [1.82, 2.24) is 19.6 Å². The van der Waals surface area contributed by atoms with Crippen molar-refractivity contribution in [3.05, 3.63) is 0 Å². The van der Waals surface area contributed by atoms with Crippen molar-refractivity contribution in [3.63, 3.8) is 0 Å². The zero-order valence-electron chi connectivity index (χ0n) is 21.7. The van der Waals surface area contributed by atoms with Crippen LogP contribution in [0.2, 0.25) is 0 Å². The van der Waals surface area contributed by atoms with E-state index in [9.17, 15) is 0 Å². The Hall–Kier alpha value is -0.160. The molecule has 4 heteroatoms. The average molecular weight is 399 g/mol. The maximum atomic E-state index is 2.66. The second-order valence-electron chi connectivity index (χ2n) is 12.7. The van der Waals surface area contributed by atoms with Gasteiger partial charge in [0, 0.05) is 58.9 Å². The second-order valence-corrected chi connectivity index (χ2v) is 12.7. The molecule has 0 saturated heterocycles. The molecule has 0 rings (SSSR count). The van der Waals surface area contributed by atoms with Crippen molar-refractivity contribution in [2.24, 2.45) is 16.2 Å². The highest BCUT2D eigenvalue weighted by Gasteiger charge is 2.18. The third kappa shape index (κ3) is 17.9. The molecule has 0 aliphatic heterocycles. The predicted octanol–water partition coefficient (Wildman–Crippen LogP) is 4.22. The summed E-state index contributed by atoms with van der Waals surface area (Å²) < 4.78 is 0. The maximum Gasteiger partial charge on any atom is 0.0110 e. The van der Waals surface area contributed by atoms with Gasteiger partial charge in [0.1, 0.15) is 0 Å². The first-order valence-electron chi connectivity index (χ1n) is 11.2. The van der Waals surface area contributed by atoms with Crippen molar-refractivity contribution < 1.29 is 0 Å². The SMILES string of the molecule is CN(CCN(CCN(C)CC(C)(C)C)CCN(C)CC(C)(C)C)CC(C)(C)C. The molecule has 0 aliphatic carbocycles. The van der Waals surface area contributed by atoms with Crippen LogP contribution >= 0.6 is 0 Å². The van der Waals surface area contributed by atoms with Crippen molar-refractivity contribution in [2.75, 3.05) is 80.0 Å². The van der Waals surface area contributed by atoms with Gasteiger partial charge in [-0.15, -0.1) is 0 Å². The molecule has 0 aliphatic rings. The molecule has 0 bridgehead atoms. The summed E-state index contributed by atoms with van der Waals surface area (Å²) in [6.45, 7) is 31.2. The summed E-state index contributed by atoms with van der Waals surface area (Å²) in [5.41, 5.74) is 1.08. The van der Waals surface area contributed by atoms with Crippen molar-refractivity contribution in [3.8, 4) is 0 Å². The molecule has 0 atom stereocenters. The molecular weight excluding hydrogens is 344 g/mol. The summed E-state index contributed by atoms with van der Waals surface area (Å²) in [6, 6.07) is 0. The number of nitrogens with zero attached hydrogens (tertiary/aromatic N) is 4. The number of likely N-dealkylation sites (N-methyl/N-ethyl adjacent to an activating group) is 3. The lowest BCUT2D eigenvalue weighted by Crippen LogP contribution is -2.44. The lowest BCUT2D eigenvalue weighted by Gasteiger charge is -2.33. The van der Waals surface area contributed by atoms with Crippen LogP contribution in [-0.2, 0) is 0 Å². The molecule has 170 valence electrons. The van der Waals surface area contributed by atoms with E-state index >= 15 is 0 Å². The molecule has 0 aromatic rings. The third-order valence-corrected chi connectivity index (χ3v) is 4.63. The van der Waals surface area contributed by atoms with Crippen LogP contribution in [0.1, 0.15) is 62.3 Å². The molecule has 0 heterocycles. The normalized spacial score (nSPS) is 14.1. The second kappa shape index (κ2) is 11.9. The van der Waals surface area contributed by atoms with E-state index < -0.39 is 0 Å². The fraction of sp³-hybridized carbons (Fsp3) is 1.00. The molecule has 0 fully saturated rings. The molecule has 0 amide bonds. The smallest absolute Gasteiger partial charge is 0.0110 e. The topological polar surface area (TPSA) is 13.0 Å². The van der Waals surface area contributed by atoms with Crippen LogP contribution in [-0.4, -0.2) is 99.6 Å². The molecular formula is C24H54N4. The third-order valence-electron chi connectivity index (χ3n) is 4.63. The maximum absolute atomic E-state index is 2.66. The zero-order valence-corrected chi connectivity index (χ0v) is 21.7. The first-order valence-corrected chi connectivity index (χ1v) is 11.2. The van der Waals surface area contributed by atoms with E-state index in [0.29, 0.717) is 16.2 Å². The lowest BCUT2D eigenvalue weighted by molar-refractivity contribution is 0.143. The molecule has 0 spiro atoms. The quantitative estimate of drug-likeness (QED) is 0.488. The van der Waals surface area contributed by atoms with Crippen molar-refractivity contribution in [1.29, 1.82) is 0 Å². The Morgan fingerprint density at radius 1 is 0.393 bits per heavy atom. The molecule has 0 unspecified atom stereocenters. The Kier molecular flexibility index (Phi) is 11.8. The van der Waals surface area contributed by atoms with Crippen LogP contribution in [0, 0.1) is 16.2 Å². The Balaban J connectivity index is 4.64. The average Bonchev–Trinajstić information content (AvgIpc) is 2.40. The minimum Gasteiger partial charge on any atom is -0.305 e. The Morgan fingerprint density at radius 2 is 0.607 bits per heavy atom. The summed E-state index contributed by atoms with van der Waals surface area (Å²) in [5.74, 6) is 0. The van der Waals surface area contributed by atoms with E-state index in [1.807, 2.05) is 0 Å². The number of rotatable bonds is 12. The van der Waals surface area contributed by atoms with Crippen LogP contribution < -0.4 is 0 Å². The Morgan fingerprint density at radius 3 is 0.786 bits per heavy atom. The van der Waals surface area contributed by atoms with Crippen molar-refractivity contribution >= 4 is 0 Å². The number of hydrogen-bond acceptors (Lipinski definition) is 4. The minimum absolute atomic E-state index is 0.361. The highest BCUT2D eigenvalue weighted by Crippen LogP contribution is 2.16. The summed E-state index contributed by atoms with van der Waals surface area (Å²) in [5, 5.41) is 0. The summed E-state index contributed by atoms with van der Waals surface area (Å²) in [4.78, 5) is 10.1. The van der Waals surface area contributed by atoms with Crippen LogP contribution in [0.3, 0.4) is 0 Å². The molecule has 28 heavy (non-hydrogen) atoms. The lowest BCUT2D eigenvalue weighted by atomic mass is 9.96. The summed E-state index contributed by atoms with van der Waals surface area (Å²) >= 11 is 0. The zero-order chi connectivity index (χ0) is 22.2. The molecule has 4 nitrogen and oxygen atoms in total. The largest absolute Gasteiger partial charge is 0.305 e. The Bertz CT molecular complexity index is 338.